The molecule has 3 nitrogen and oxygen atoms in total. The first kappa shape index (κ1) is 11.6. The zero-order chi connectivity index (χ0) is 11.6. The first-order chi connectivity index (χ1) is 7.56. The van der Waals surface area contributed by atoms with Gasteiger partial charge in [0.05, 0.1) is 12.1 Å². The van der Waals surface area contributed by atoms with E-state index in [0.29, 0.717) is 0 Å². The minimum atomic E-state index is -0.563. The van der Waals surface area contributed by atoms with E-state index in [9.17, 15) is 0 Å². The van der Waals surface area contributed by atoms with E-state index in [1.54, 1.807) is 0 Å². The van der Waals surface area contributed by atoms with Crippen LogP contribution in [0.1, 0.15) is 25.8 Å². The highest BCUT2D eigenvalue weighted by Gasteiger charge is 2.46. The highest BCUT2D eigenvalue weighted by Crippen LogP contribution is 2.34. The summed E-state index contributed by atoms with van der Waals surface area (Å²) in [6, 6.07) is 10.2. The molecule has 1 aliphatic rings. The summed E-state index contributed by atoms with van der Waals surface area (Å²) in [4.78, 5) is 0. The van der Waals surface area contributed by atoms with Crippen molar-refractivity contribution in [2.75, 3.05) is 13.2 Å². The second-order valence-electron chi connectivity index (χ2n) is 4.90. The SMILES string of the molecule is CC(C)(N)C1(c2ccccc2)NCCCO1. The molecule has 1 unspecified atom stereocenters. The average molecular weight is 220 g/mol. The number of nitrogens with one attached hydrogen (secondary N) is 1. The minimum absolute atomic E-state index is 0.464. The molecular formula is C13H20N2O. The molecule has 2 rings (SSSR count). The maximum absolute atomic E-state index is 6.29. The van der Waals surface area contributed by atoms with Crippen molar-refractivity contribution in [3.8, 4) is 0 Å². The first-order valence-electron chi connectivity index (χ1n) is 5.80. The Kier molecular flexibility index (Phi) is 3.02. The van der Waals surface area contributed by atoms with Gasteiger partial charge >= 0.3 is 0 Å². The Balaban J connectivity index is 2.42. The van der Waals surface area contributed by atoms with Gasteiger partial charge in [-0.05, 0) is 20.3 Å². The standard InChI is InChI=1S/C13H20N2O/c1-12(2,14)13(15-9-6-10-16-13)11-7-4-3-5-8-11/h3-5,7-8,15H,6,9-10,14H2,1-2H3. The van der Waals surface area contributed by atoms with Gasteiger partial charge in [0, 0.05) is 12.1 Å². The van der Waals surface area contributed by atoms with Crippen molar-refractivity contribution in [1.82, 2.24) is 5.32 Å². The van der Waals surface area contributed by atoms with Crippen molar-refractivity contribution >= 4 is 0 Å². The molecule has 1 aromatic carbocycles. The zero-order valence-electron chi connectivity index (χ0n) is 9.99. The van der Waals surface area contributed by atoms with E-state index in [0.717, 1.165) is 25.1 Å². The molecule has 1 heterocycles. The lowest BCUT2D eigenvalue weighted by Gasteiger charge is -2.47. The van der Waals surface area contributed by atoms with Crippen molar-refractivity contribution in [2.24, 2.45) is 5.73 Å². The average Bonchev–Trinajstić information content (AvgIpc) is 2.30. The molecule has 0 spiro atoms. The molecule has 1 fully saturated rings. The lowest BCUT2D eigenvalue weighted by molar-refractivity contribution is -0.142. The van der Waals surface area contributed by atoms with Gasteiger partial charge < -0.3 is 10.5 Å². The lowest BCUT2D eigenvalue weighted by Crippen LogP contribution is -2.65. The molecule has 88 valence electrons. The molecule has 0 radical (unpaired) electrons. The Morgan fingerprint density at radius 1 is 1.31 bits per heavy atom. The number of hydrogen-bond acceptors (Lipinski definition) is 3. The molecule has 0 saturated carbocycles. The second kappa shape index (κ2) is 4.17. The van der Waals surface area contributed by atoms with Gasteiger partial charge in [-0.2, -0.15) is 0 Å². The van der Waals surface area contributed by atoms with Gasteiger partial charge in [-0.25, -0.2) is 0 Å². The summed E-state index contributed by atoms with van der Waals surface area (Å²) in [5.41, 5.74) is 6.36. The van der Waals surface area contributed by atoms with Crippen LogP contribution in [0.4, 0.5) is 0 Å². The summed E-state index contributed by atoms with van der Waals surface area (Å²) in [5.74, 6) is 0. The molecule has 0 aromatic heterocycles. The van der Waals surface area contributed by atoms with E-state index in [4.69, 9.17) is 10.5 Å². The lowest BCUT2D eigenvalue weighted by atomic mass is 9.84. The Morgan fingerprint density at radius 2 is 2.00 bits per heavy atom. The van der Waals surface area contributed by atoms with Crippen LogP contribution in [0.2, 0.25) is 0 Å². The number of rotatable bonds is 2. The predicted octanol–water partition coefficient (Wildman–Crippen LogP) is 1.59. The molecule has 0 bridgehead atoms. The normalized spacial score (nSPS) is 26.7. The van der Waals surface area contributed by atoms with Crippen LogP contribution in [-0.4, -0.2) is 18.7 Å². The summed E-state index contributed by atoms with van der Waals surface area (Å²) in [6.45, 7) is 5.69. The quantitative estimate of drug-likeness (QED) is 0.795. The van der Waals surface area contributed by atoms with Crippen LogP contribution in [0.5, 0.6) is 0 Å². The van der Waals surface area contributed by atoms with Crippen LogP contribution in [0.25, 0.3) is 0 Å². The van der Waals surface area contributed by atoms with Crippen LogP contribution < -0.4 is 11.1 Å². The maximum atomic E-state index is 6.29. The van der Waals surface area contributed by atoms with Crippen molar-refractivity contribution in [3.63, 3.8) is 0 Å². The third kappa shape index (κ3) is 1.86. The summed E-state index contributed by atoms with van der Waals surface area (Å²) < 4.78 is 5.98. The Morgan fingerprint density at radius 3 is 2.50 bits per heavy atom. The highest BCUT2D eigenvalue weighted by atomic mass is 16.5. The molecular weight excluding hydrogens is 200 g/mol. The van der Waals surface area contributed by atoms with Crippen LogP contribution >= 0.6 is 0 Å². The van der Waals surface area contributed by atoms with E-state index < -0.39 is 11.3 Å². The van der Waals surface area contributed by atoms with E-state index >= 15 is 0 Å². The number of hydrogen-bond donors (Lipinski definition) is 2. The van der Waals surface area contributed by atoms with Gasteiger partial charge in [-0.15, -0.1) is 0 Å². The van der Waals surface area contributed by atoms with Gasteiger partial charge in [0.25, 0.3) is 0 Å². The summed E-state index contributed by atoms with van der Waals surface area (Å²) in [5, 5.41) is 3.44. The van der Waals surface area contributed by atoms with E-state index in [2.05, 4.69) is 17.4 Å². The molecule has 3 heteroatoms. The Bertz CT molecular complexity index is 337. The van der Waals surface area contributed by atoms with Crippen LogP contribution in [-0.2, 0) is 10.5 Å². The van der Waals surface area contributed by atoms with Gasteiger partial charge in [0.2, 0.25) is 0 Å². The maximum Gasteiger partial charge on any atom is 0.162 e. The fraction of sp³-hybridized carbons (Fsp3) is 0.538. The summed E-state index contributed by atoms with van der Waals surface area (Å²) in [6.07, 6.45) is 1.03. The largest absolute Gasteiger partial charge is 0.354 e. The van der Waals surface area contributed by atoms with Crippen molar-refractivity contribution in [3.05, 3.63) is 35.9 Å². The highest BCUT2D eigenvalue weighted by molar-refractivity contribution is 5.26. The number of nitrogens with two attached hydrogens (primary N) is 1. The topological polar surface area (TPSA) is 47.3 Å². The second-order valence-corrected chi connectivity index (χ2v) is 4.90. The summed E-state index contributed by atoms with van der Waals surface area (Å²) >= 11 is 0. The zero-order valence-corrected chi connectivity index (χ0v) is 9.99. The molecule has 1 atom stereocenters. The predicted molar refractivity (Wildman–Crippen MR) is 65.0 cm³/mol. The molecule has 1 aliphatic heterocycles. The van der Waals surface area contributed by atoms with Crippen molar-refractivity contribution in [2.45, 2.75) is 31.5 Å². The third-order valence-corrected chi connectivity index (χ3v) is 3.10. The molecule has 0 aliphatic carbocycles. The molecule has 1 aromatic rings. The van der Waals surface area contributed by atoms with Crippen LogP contribution in [0, 0.1) is 0 Å². The van der Waals surface area contributed by atoms with Gasteiger partial charge in [0.15, 0.2) is 5.72 Å². The first-order valence-corrected chi connectivity index (χ1v) is 5.80. The Hall–Kier alpha value is -0.900. The minimum Gasteiger partial charge on any atom is -0.354 e. The summed E-state index contributed by atoms with van der Waals surface area (Å²) in [7, 11) is 0. The molecule has 0 amide bonds. The Labute approximate surface area is 97.0 Å². The van der Waals surface area contributed by atoms with E-state index in [-0.39, 0.29) is 0 Å². The van der Waals surface area contributed by atoms with Gasteiger partial charge in [0.1, 0.15) is 0 Å². The number of ether oxygens (including phenoxy) is 1. The smallest absolute Gasteiger partial charge is 0.162 e. The molecule has 16 heavy (non-hydrogen) atoms. The van der Waals surface area contributed by atoms with Crippen molar-refractivity contribution in [1.29, 1.82) is 0 Å². The van der Waals surface area contributed by atoms with E-state index in [1.165, 1.54) is 0 Å². The van der Waals surface area contributed by atoms with Crippen LogP contribution in [0.3, 0.4) is 0 Å². The van der Waals surface area contributed by atoms with Gasteiger partial charge in [-0.3, -0.25) is 5.32 Å². The van der Waals surface area contributed by atoms with Crippen LogP contribution in [0.15, 0.2) is 30.3 Å². The number of benzene rings is 1. The van der Waals surface area contributed by atoms with Gasteiger partial charge in [-0.1, -0.05) is 30.3 Å². The molecule has 3 N–H and O–H groups in total. The monoisotopic (exact) mass is 220 g/mol. The fourth-order valence-corrected chi connectivity index (χ4v) is 2.26. The third-order valence-electron chi connectivity index (χ3n) is 3.10. The van der Waals surface area contributed by atoms with E-state index in [1.807, 2.05) is 32.0 Å². The molecule has 1 saturated heterocycles. The van der Waals surface area contributed by atoms with Crippen molar-refractivity contribution < 1.29 is 4.74 Å². The fourth-order valence-electron chi connectivity index (χ4n) is 2.26.